The molecule has 1 N–H and O–H groups in total. The van der Waals surface area contributed by atoms with Crippen LogP contribution in [-0.4, -0.2) is 37.7 Å². The molecule has 0 aromatic heterocycles. The highest BCUT2D eigenvalue weighted by Crippen LogP contribution is 1.98. The van der Waals surface area contributed by atoms with E-state index in [4.69, 9.17) is 16.3 Å². The molecule has 0 spiro atoms. The molecule has 0 rings (SSSR count). The number of carbonyl (C=O) groups excluding carboxylic acids is 2. The Kier molecular flexibility index (Phi) is 11.0. The Morgan fingerprint density at radius 1 is 1.47 bits per heavy atom. The zero-order valence-electron chi connectivity index (χ0n) is 8.62. The average Bonchev–Trinajstić information content (AvgIpc) is 2.17. The lowest BCUT2D eigenvalue weighted by Crippen LogP contribution is -2.42. The number of hydrogen-bond donors (Lipinski definition) is 1. The number of alkyl carbamates (subject to hydrolysis) is 1. The van der Waals surface area contributed by atoms with Crippen LogP contribution in [0.5, 0.6) is 0 Å². The molecule has 0 bridgehead atoms. The smallest absolute Gasteiger partial charge is 0.407 e. The molecule has 0 aliphatic carbocycles. The standard InChI is InChI=1S/C8H14ClNO4.ClH/c1-3-14-7(11)6(4-5-9)10-8(12)13-2;/h6H,3-5H2,1-2H3,(H,10,12);1H/t6-;/m0./s1. The Morgan fingerprint density at radius 3 is 2.47 bits per heavy atom. The number of methoxy groups -OCH3 is 1. The molecule has 0 aliphatic rings. The summed E-state index contributed by atoms with van der Waals surface area (Å²) < 4.78 is 9.09. The molecule has 0 saturated carbocycles. The van der Waals surface area contributed by atoms with E-state index in [1.807, 2.05) is 0 Å². The number of esters is 1. The van der Waals surface area contributed by atoms with Crippen molar-refractivity contribution in [3.8, 4) is 0 Å². The van der Waals surface area contributed by atoms with E-state index in [1.54, 1.807) is 6.92 Å². The van der Waals surface area contributed by atoms with Crippen molar-refractivity contribution in [2.75, 3.05) is 19.6 Å². The topological polar surface area (TPSA) is 64.6 Å². The summed E-state index contributed by atoms with van der Waals surface area (Å²) in [5.74, 6) is -0.244. The average molecular weight is 260 g/mol. The van der Waals surface area contributed by atoms with Gasteiger partial charge in [-0.15, -0.1) is 24.0 Å². The molecule has 15 heavy (non-hydrogen) atoms. The van der Waals surface area contributed by atoms with Gasteiger partial charge in [-0.3, -0.25) is 0 Å². The number of halogens is 2. The molecule has 0 fully saturated rings. The van der Waals surface area contributed by atoms with Gasteiger partial charge in [-0.25, -0.2) is 9.59 Å². The fourth-order valence-electron chi connectivity index (χ4n) is 0.802. The van der Waals surface area contributed by atoms with E-state index in [9.17, 15) is 9.59 Å². The Labute approximate surface area is 99.9 Å². The van der Waals surface area contributed by atoms with Crippen molar-refractivity contribution in [1.29, 1.82) is 0 Å². The summed E-state index contributed by atoms with van der Waals surface area (Å²) in [6, 6.07) is -0.736. The van der Waals surface area contributed by atoms with Gasteiger partial charge in [-0.05, 0) is 13.3 Å². The largest absolute Gasteiger partial charge is 0.464 e. The summed E-state index contributed by atoms with van der Waals surface area (Å²) in [5.41, 5.74) is 0. The lowest BCUT2D eigenvalue weighted by atomic mass is 10.2. The Bertz CT molecular complexity index is 201. The Balaban J connectivity index is 0. The highest BCUT2D eigenvalue weighted by atomic mass is 35.5. The lowest BCUT2D eigenvalue weighted by molar-refractivity contribution is -0.145. The van der Waals surface area contributed by atoms with Crippen LogP contribution in [0.15, 0.2) is 0 Å². The van der Waals surface area contributed by atoms with Crippen molar-refractivity contribution in [2.24, 2.45) is 0 Å². The fraction of sp³-hybridized carbons (Fsp3) is 0.750. The molecule has 0 aromatic rings. The van der Waals surface area contributed by atoms with Crippen molar-refractivity contribution in [3.05, 3.63) is 0 Å². The lowest BCUT2D eigenvalue weighted by Gasteiger charge is -2.14. The van der Waals surface area contributed by atoms with E-state index in [0.29, 0.717) is 6.42 Å². The van der Waals surface area contributed by atoms with E-state index < -0.39 is 18.1 Å². The maximum atomic E-state index is 11.2. The van der Waals surface area contributed by atoms with Gasteiger partial charge in [0, 0.05) is 5.88 Å². The third kappa shape index (κ3) is 7.27. The summed E-state index contributed by atoms with van der Waals surface area (Å²) in [4.78, 5) is 22.1. The Hall–Kier alpha value is -0.680. The summed E-state index contributed by atoms with van der Waals surface area (Å²) in [6.45, 7) is 1.95. The minimum atomic E-state index is -0.736. The van der Waals surface area contributed by atoms with Crippen LogP contribution in [-0.2, 0) is 14.3 Å². The predicted octanol–water partition coefficient (Wildman–Crippen LogP) is 1.32. The zero-order chi connectivity index (χ0) is 11.0. The maximum Gasteiger partial charge on any atom is 0.407 e. The van der Waals surface area contributed by atoms with E-state index >= 15 is 0 Å². The molecular weight excluding hydrogens is 245 g/mol. The van der Waals surface area contributed by atoms with Crippen molar-refractivity contribution in [1.82, 2.24) is 5.32 Å². The maximum absolute atomic E-state index is 11.2. The molecule has 0 unspecified atom stereocenters. The van der Waals surface area contributed by atoms with Gasteiger partial charge in [0.05, 0.1) is 13.7 Å². The first-order valence-electron chi connectivity index (χ1n) is 4.22. The van der Waals surface area contributed by atoms with Crippen molar-refractivity contribution >= 4 is 36.1 Å². The van der Waals surface area contributed by atoms with Gasteiger partial charge in [0.15, 0.2) is 0 Å². The second-order valence-corrected chi connectivity index (χ2v) is 2.80. The molecule has 5 nitrogen and oxygen atoms in total. The van der Waals surface area contributed by atoms with Crippen molar-refractivity contribution in [3.63, 3.8) is 0 Å². The minimum Gasteiger partial charge on any atom is -0.464 e. The van der Waals surface area contributed by atoms with Crippen LogP contribution in [0, 0.1) is 0 Å². The molecular formula is C8H15Cl2NO4. The quantitative estimate of drug-likeness (QED) is 0.598. The number of rotatable bonds is 5. The molecule has 0 aromatic carbocycles. The fourth-order valence-corrected chi connectivity index (χ4v) is 1.02. The second kappa shape index (κ2) is 9.86. The van der Waals surface area contributed by atoms with Gasteiger partial charge < -0.3 is 14.8 Å². The first-order valence-corrected chi connectivity index (χ1v) is 4.76. The second-order valence-electron chi connectivity index (χ2n) is 2.42. The summed E-state index contributed by atoms with van der Waals surface area (Å²) >= 11 is 5.47. The SMILES string of the molecule is CCOC(=O)[C@H](CCCl)NC(=O)OC.Cl. The van der Waals surface area contributed by atoms with Crippen LogP contribution in [0.3, 0.4) is 0 Å². The highest BCUT2D eigenvalue weighted by Gasteiger charge is 2.21. The van der Waals surface area contributed by atoms with E-state index in [2.05, 4.69) is 10.1 Å². The number of hydrogen-bond acceptors (Lipinski definition) is 4. The third-order valence-electron chi connectivity index (χ3n) is 1.45. The van der Waals surface area contributed by atoms with Crippen LogP contribution in [0.2, 0.25) is 0 Å². The predicted molar refractivity (Wildman–Crippen MR) is 58.5 cm³/mol. The van der Waals surface area contributed by atoms with Crippen molar-refractivity contribution < 1.29 is 19.1 Å². The number of ether oxygens (including phenoxy) is 2. The highest BCUT2D eigenvalue weighted by molar-refractivity contribution is 6.18. The van der Waals surface area contributed by atoms with E-state index in [1.165, 1.54) is 7.11 Å². The van der Waals surface area contributed by atoms with Crippen LogP contribution >= 0.6 is 24.0 Å². The normalized spacial score (nSPS) is 10.9. The van der Waals surface area contributed by atoms with Crippen LogP contribution < -0.4 is 5.32 Å². The molecule has 1 atom stereocenters. The van der Waals surface area contributed by atoms with Crippen LogP contribution in [0.1, 0.15) is 13.3 Å². The summed E-state index contributed by atoms with van der Waals surface area (Å²) in [5, 5.41) is 2.33. The van der Waals surface area contributed by atoms with Gasteiger partial charge in [-0.1, -0.05) is 0 Å². The van der Waals surface area contributed by atoms with Gasteiger partial charge in [0.2, 0.25) is 0 Å². The molecule has 90 valence electrons. The number of amides is 1. The van der Waals surface area contributed by atoms with Crippen LogP contribution in [0.25, 0.3) is 0 Å². The number of alkyl halides is 1. The van der Waals surface area contributed by atoms with E-state index in [0.717, 1.165) is 0 Å². The van der Waals surface area contributed by atoms with Crippen molar-refractivity contribution in [2.45, 2.75) is 19.4 Å². The number of carbonyl (C=O) groups is 2. The number of nitrogens with one attached hydrogen (secondary N) is 1. The van der Waals surface area contributed by atoms with Gasteiger partial charge in [-0.2, -0.15) is 0 Å². The Morgan fingerprint density at radius 2 is 2.07 bits per heavy atom. The first-order chi connectivity index (χ1) is 6.65. The molecule has 7 heteroatoms. The van der Waals surface area contributed by atoms with Gasteiger partial charge >= 0.3 is 12.1 Å². The zero-order valence-corrected chi connectivity index (χ0v) is 10.2. The molecule has 1 amide bonds. The molecule has 0 aliphatic heterocycles. The van der Waals surface area contributed by atoms with Gasteiger partial charge in [0.1, 0.15) is 6.04 Å². The minimum absolute atomic E-state index is 0. The first kappa shape index (κ1) is 16.7. The van der Waals surface area contributed by atoms with E-state index in [-0.39, 0.29) is 24.9 Å². The molecule has 0 heterocycles. The van der Waals surface area contributed by atoms with Gasteiger partial charge in [0.25, 0.3) is 0 Å². The summed E-state index contributed by atoms with van der Waals surface area (Å²) in [7, 11) is 1.22. The molecule has 0 saturated heterocycles. The molecule has 0 radical (unpaired) electrons. The summed E-state index contributed by atoms with van der Waals surface area (Å²) in [6.07, 6.45) is -0.358. The van der Waals surface area contributed by atoms with Crippen LogP contribution in [0.4, 0.5) is 4.79 Å². The third-order valence-corrected chi connectivity index (χ3v) is 1.66. The monoisotopic (exact) mass is 259 g/mol.